The van der Waals surface area contributed by atoms with E-state index in [9.17, 15) is 0 Å². The molecule has 98 valence electrons. The van der Waals surface area contributed by atoms with Crippen molar-refractivity contribution in [3.63, 3.8) is 0 Å². The first-order valence-corrected chi connectivity index (χ1v) is 6.32. The number of thiocarbonyl (C=S) groups is 1. The zero-order chi connectivity index (χ0) is 13.8. The van der Waals surface area contributed by atoms with Crippen molar-refractivity contribution in [2.24, 2.45) is 0 Å². The highest BCUT2D eigenvalue weighted by Crippen LogP contribution is 2.23. The molecule has 4 nitrogen and oxygen atoms in total. The molecule has 0 spiro atoms. The Labute approximate surface area is 121 Å². The second kappa shape index (κ2) is 5.77. The summed E-state index contributed by atoms with van der Waals surface area (Å²) in [6.45, 7) is 0. The van der Waals surface area contributed by atoms with E-state index in [1.807, 2.05) is 12.1 Å². The van der Waals surface area contributed by atoms with Crippen LogP contribution in [0.2, 0.25) is 5.02 Å². The van der Waals surface area contributed by atoms with Crippen LogP contribution in [0.1, 0.15) is 0 Å². The van der Waals surface area contributed by atoms with E-state index in [0.29, 0.717) is 27.2 Å². The Balaban J connectivity index is 2.05. The SMILES string of the molecule is Nc1ccc(NC(=S)Nc2cc(Cl)ccc2N)cc1. The minimum atomic E-state index is 0.429. The van der Waals surface area contributed by atoms with Gasteiger partial charge in [-0.15, -0.1) is 0 Å². The van der Waals surface area contributed by atoms with E-state index in [1.165, 1.54) is 0 Å². The van der Waals surface area contributed by atoms with Crippen LogP contribution in [0.4, 0.5) is 22.7 Å². The van der Waals surface area contributed by atoms with Crippen molar-refractivity contribution in [3.8, 4) is 0 Å². The molecule has 6 N–H and O–H groups in total. The molecule has 0 amide bonds. The Kier molecular flexibility index (Phi) is 4.09. The third-order valence-corrected chi connectivity index (χ3v) is 2.87. The molecule has 2 aromatic rings. The molecule has 6 heteroatoms. The summed E-state index contributed by atoms with van der Waals surface area (Å²) in [4.78, 5) is 0. The van der Waals surface area contributed by atoms with Gasteiger partial charge in [-0.2, -0.15) is 0 Å². The van der Waals surface area contributed by atoms with Gasteiger partial charge in [-0.25, -0.2) is 0 Å². The molecule has 0 aliphatic heterocycles. The van der Waals surface area contributed by atoms with Gasteiger partial charge in [-0.05, 0) is 54.7 Å². The molecule has 0 fully saturated rings. The van der Waals surface area contributed by atoms with Crippen LogP contribution in [0.3, 0.4) is 0 Å². The van der Waals surface area contributed by atoms with Crippen LogP contribution in [0, 0.1) is 0 Å². The third kappa shape index (κ3) is 3.74. The second-order valence-electron chi connectivity index (χ2n) is 3.93. The topological polar surface area (TPSA) is 76.1 Å². The Morgan fingerprint density at radius 3 is 2.37 bits per heavy atom. The first-order valence-electron chi connectivity index (χ1n) is 5.53. The summed E-state index contributed by atoms with van der Waals surface area (Å²) in [5, 5.41) is 7.04. The summed E-state index contributed by atoms with van der Waals surface area (Å²) in [6, 6.07) is 12.4. The minimum Gasteiger partial charge on any atom is -0.399 e. The average molecular weight is 293 g/mol. The summed E-state index contributed by atoms with van der Waals surface area (Å²) in [7, 11) is 0. The summed E-state index contributed by atoms with van der Waals surface area (Å²) in [6.07, 6.45) is 0. The zero-order valence-electron chi connectivity index (χ0n) is 9.98. The molecule has 0 aliphatic rings. The number of hydrogen-bond donors (Lipinski definition) is 4. The average Bonchev–Trinajstić information content (AvgIpc) is 2.37. The van der Waals surface area contributed by atoms with Gasteiger partial charge < -0.3 is 22.1 Å². The molecular weight excluding hydrogens is 280 g/mol. The minimum absolute atomic E-state index is 0.429. The Morgan fingerprint density at radius 2 is 1.68 bits per heavy atom. The van der Waals surface area contributed by atoms with E-state index in [4.69, 9.17) is 35.3 Å². The van der Waals surface area contributed by atoms with E-state index >= 15 is 0 Å². The van der Waals surface area contributed by atoms with Crippen LogP contribution in [0.5, 0.6) is 0 Å². The molecule has 19 heavy (non-hydrogen) atoms. The zero-order valence-corrected chi connectivity index (χ0v) is 11.6. The maximum Gasteiger partial charge on any atom is 0.175 e. The third-order valence-electron chi connectivity index (χ3n) is 2.43. The molecule has 0 aliphatic carbocycles. The van der Waals surface area contributed by atoms with Gasteiger partial charge in [0.1, 0.15) is 0 Å². The lowest BCUT2D eigenvalue weighted by atomic mass is 10.2. The van der Waals surface area contributed by atoms with Gasteiger partial charge in [-0.1, -0.05) is 11.6 Å². The molecule has 0 saturated carbocycles. The van der Waals surface area contributed by atoms with Crippen molar-refractivity contribution in [3.05, 3.63) is 47.5 Å². The van der Waals surface area contributed by atoms with Crippen LogP contribution in [-0.2, 0) is 0 Å². The van der Waals surface area contributed by atoms with E-state index in [0.717, 1.165) is 5.69 Å². The molecule has 0 radical (unpaired) electrons. The summed E-state index contributed by atoms with van der Waals surface area (Å²) >= 11 is 11.1. The predicted octanol–water partition coefficient (Wildman–Crippen LogP) is 3.31. The van der Waals surface area contributed by atoms with E-state index in [-0.39, 0.29) is 0 Å². The highest BCUT2D eigenvalue weighted by Gasteiger charge is 2.03. The Hall–Kier alpha value is -1.98. The summed E-state index contributed by atoms with van der Waals surface area (Å²) in [5.41, 5.74) is 14.2. The number of nitrogen functional groups attached to an aromatic ring is 2. The standard InChI is InChI=1S/C13H13ClN4S/c14-8-1-6-11(16)12(7-8)18-13(19)17-10-4-2-9(15)3-5-10/h1-7H,15-16H2,(H2,17,18,19). The number of halogens is 1. The molecule has 2 aromatic carbocycles. The lowest BCUT2D eigenvalue weighted by Crippen LogP contribution is -2.19. The molecule has 0 bridgehead atoms. The molecule has 0 saturated heterocycles. The van der Waals surface area contributed by atoms with Crippen molar-refractivity contribution >= 4 is 51.7 Å². The number of nitrogens with one attached hydrogen (secondary N) is 2. The number of hydrogen-bond acceptors (Lipinski definition) is 3. The van der Waals surface area contributed by atoms with Gasteiger partial charge in [0.2, 0.25) is 0 Å². The van der Waals surface area contributed by atoms with Crippen molar-refractivity contribution in [2.75, 3.05) is 22.1 Å². The monoisotopic (exact) mass is 292 g/mol. The van der Waals surface area contributed by atoms with Gasteiger partial charge in [0.25, 0.3) is 0 Å². The predicted molar refractivity (Wildman–Crippen MR) is 86.6 cm³/mol. The van der Waals surface area contributed by atoms with Crippen LogP contribution in [0.15, 0.2) is 42.5 Å². The Bertz CT molecular complexity index is 598. The Morgan fingerprint density at radius 1 is 1.00 bits per heavy atom. The number of nitrogens with two attached hydrogens (primary N) is 2. The number of rotatable bonds is 2. The molecule has 0 unspecified atom stereocenters. The van der Waals surface area contributed by atoms with E-state index in [2.05, 4.69) is 10.6 Å². The molecule has 0 heterocycles. The van der Waals surface area contributed by atoms with Crippen molar-refractivity contribution in [1.82, 2.24) is 0 Å². The summed E-state index contributed by atoms with van der Waals surface area (Å²) < 4.78 is 0. The van der Waals surface area contributed by atoms with Gasteiger partial charge in [-0.3, -0.25) is 0 Å². The quantitative estimate of drug-likeness (QED) is 0.505. The smallest absolute Gasteiger partial charge is 0.175 e. The normalized spacial score (nSPS) is 9.95. The van der Waals surface area contributed by atoms with Crippen LogP contribution in [0.25, 0.3) is 0 Å². The fraction of sp³-hybridized carbons (Fsp3) is 0. The van der Waals surface area contributed by atoms with Crippen LogP contribution < -0.4 is 22.1 Å². The molecular formula is C13H13ClN4S. The van der Waals surface area contributed by atoms with E-state index < -0.39 is 0 Å². The fourth-order valence-electron chi connectivity index (χ4n) is 1.49. The fourth-order valence-corrected chi connectivity index (χ4v) is 1.89. The number of benzene rings is 2. The lowest BCUT2D eigenvalue weighted by molar-refractivity contribution is 1.59. The van der Waals surface area contributed by atoms with Crippen molar-refractivity contribution in [2.45, 2.75) is 0 Å². The van der Waals surface area contributed by atoms with E-state index in [1.54, 1.807) is 30.3 Å². The molecule has 2 rings (SSSR count). The molecule has 0 aromatic heterocycles. The highest BCUT2D eigenvalue weighted by molar-refractivity contribution is 7.80. The van der Waals surface area contributed by atoms with Crippen molar-refractivity contribution in [1.29, 1.82) is 0 Å². The van der Waals surface area contributed by atoms with Crippen LogP contribution in [-0.4, -0.2) is 5.11 Å². The van der Waals surface area contributed by atoms with Crippen molar-refractivity contribution < 1.29 is 0 Å². The lowest BCUT2D eigenvalue weighted by Gasteiger charge is -2.12. The second-order valence-corrected chi connectivity index (χ2v) is 4.78. The van der Waals surface area contributed by atoms with Gasteiger partial charge in [0.15, 0.2) is 5.11 Å². The maximum atomic E-state index is 5.90. The maximum absolute atomic E-state index is 5.90. The first-order chi connectivity index (χ1) is 9.04. The summed E-state index contributed by atoms with van der Waals surface area (Å²) in [5.74, 6) is 0. The first kappa shape index (κ1) is 13.5. The van der Waals surface area contributed by atoms with Crippen LogP contribution >= 0.6 is 23.8 Å². The number of anilines is 4. The highest BCUT2D eigenvalue weighted by atomic mass is 35.5. The largest absolute Gasteiger partial charge is 0.399 e. The van der Waals surface area contributed by atoms with Gasteiger partial charge >= 0.3 is 0 Å². The van der Waals surface area contributed by atoms with Gasteiger partial charge in [0.05, 0.1) is 11.4 Å². The molecule has 0 atom stereocenters. The van der Waals surface area contributed by atoms with Gasteiger partial charge in [0, 0.05) is 16.4 Å².